The van der Waals surface area contributed by atoms with Crippen LogP contribution in [0, 0.1) is 18.7 Å². The van der Waals surface area contributed by atoms with Crippen molar-refractivity contribution in [3.63, 3.8) is 0 Å². The molecule has 0 radical (unpaired) electrons. The molecule has 4 rings (SSSR count). The normalized spacial score (nSPS) is 19.4. The second kappa shape index (κ2) is 7.14. The highest BCUT2D eigenvalue weighted by atomic mass is 19.1. The Hall–Kier alpha value is -2.69. The molecule has 1 saturated carbocycles. The molecular weight excluding hydrogens is 343 g/mol. The van der Waals surface area contributed by atoms with E-state index in [1.165, 1.54) is 12.1 Å². The van der Waals surface area contributed by atoms with E-state index in [0.717, 1.165) is 29.7 Å². The number of hydrogen-bond donors (Lipinski definition) is 0. The monoisotopic (exact) mass is 366 g/mol. The van der Waals surface area contributed by atoms with Crippen LogP contribution in [0.5, 0.6) is 0 Å². The highest BCUT2D eigenvalue weighted by Gasteiger charge is 2.41. The van der Waals surface area contributed by atoms with E-state index in [4.69, 9.17) is 0 Å². The average molecular weight is 366 g/mol. The van der Waals surface area contributed by atoms with Gasteiger partial charge in [0.25, 0.3) is 0 Å². The topological polar surface area (TPSA) is 40.6 Å². The van der Waals surface area contributed by atoms with Crippen molar-refractivity contribution in [2.75, 3.05) is 11.4 Å². The van der Waals surface area contributed by atoms with E-state index in [1.54, 1.807) is 17.0 Å². The fourth-order valence-corrected chi connectivity index (χ4v) is 3.64. The predicted molar refractivity (Wildman–Crippen MR) is 102 cm³/mol. The maximum absolute atomic E-state index is 13.1. The smallest absolute Gasteiger partial charge is 0.228 e. The van der Waals surface area contributed by atoms with Gasteiger partial charge in [-0.05, 0) is 49.6 Å². The van der Waals surface area contributed by atoms with Crippen LogP contribution in [0.3, 0.4) is 0 Å². The molecule has 5 heteroatoms. The van der Waals surface area contributed by atoms with Crippen molar-refractivity contribution >= 4 is 17.5 Å². The van der Waals surface area contributed by atoms with Gasteiger partial charge in [-0.3, -0.25) is 9.59 Å². The Kier molecular flexibility index (Phi) is 4.68. The van der Waals surface area contributed by atoms with Crippen LogP contribution < -0.4 is 4.90 Å². The first-order chi connectivity index (χ1) is 13.0. The van der Waals surface area contributed by atoms with E-state index in [0.29, 0.717) is 13.1 Å². The molecule has 1 saturated heterocycles. The van der Waals surface area contributed by atoms with Crippen LogP contribution in [-0.2, 0) is 16.1 Å². The minimum Gasteiger partial charge on any atom is -0.335 e. The number of hydrogen-bond acceptors (Lipinski definition) is 2. The molecule has 0 aromatic heterocycles. The minimum atomic E-state index is -0.320. The van der Waals surface area contributed by atoms with Crippen molar-refractivity contribution in [1.29, 1.82) is 0 Å². The molecule has 2 aromatic rings. The zero-order valence-electron chi connectivity index (χ0n) is 15.4. The molecule has 0 N–H and O–H groups in total. The molecule has 1 unspecified atom stereocenters. The Labute approximate surface area is 158 Å². The fraction of sp³-hybridized carbons (Fsp3) is 0.364. The Morgan fingerprint density at radius 3 is 2.41 bits per heavy atom. The summed E-state index contributed by atoms with van der Waals surface area (Å²) in [6.07, 6.45) is 2.24. The van der Waals surface area contributed by atoms with Crippen molar-refractivity contribution in [1.82, 2.24) is 4.90 Å². The summed E-state index contributed by atoms with van der Waals surface area (Å²) in [6, 6.07) is 14.3. The van der Waals surface area contributed by atoms with Crippen molar-refractivity contribution in [3.05, 3.63) is 65.5 Å². The van der Waals surface area contributed by atoms with Gasteiger partial charge >= 0.3 is 0 Å². The number of aryl methyl sites for hydroxylation is 1. The number of benzene rings is 2. The lowest BCUT2D eigenvalue weighted by Crippen LogP contribution is -2.38. The number of rotatable bonds is 5. The molecule has 2 aromatic carbocycles. The molecule has 2 fully saturated rings. The van der Waals surface area contributed by atoms with Gasteiger partial charge in [-0.25, -0.2) is 4.39 Å². The predicted octanol–water partition coefficient (Wildman–Crippen LogP) is 3.68. The summed E-state index contributed by atoms with van der Waals surface area (Å²) >= 11 is 0. The van der Waals surface area contributed by atoms with Gasteiger partial charge in [0.15, 0.2) is 0 Å². The van der Waals surface area contributed by atoms with Crippen LogP contribution in [0.4, 0.5) is 10.1 Å². The molecule has 2 amide bonds. The lowest BCUT2D eigenvalue weighted by atomic mass is 10.1. The minimum absolute atomic E-state index is 0.00488. The summed E-state index contributed by atoms with van der Waals surface area (Å²) in [4.78, 5) is 29.2. The van der Waals surface area contributed by atoms with Gasteiger partial charge in [0.2, 0.25) is 11.8 Å². The molecule has 0 bridgehead atoms. The summed E-state index contributed by atoms with van der Waals surface area (Å²) in [6.45, 7) is 2.90. The quantitative estimate of drug-likeness (QED) is 0.810. The lowest BCUT2D eigenvalue weighted by Gasteiger charge is -2.26. The van der Waals surface area contributed by atoms with Crippen LogP contribution in [0.1, 0.15) is 30.4 Å². The van der Waals surface area contributed by atoms with Crippen LogP contribution >= 0.6 is 0 Å². The van der Waals surface area contributed by atoms with Gasteiger partial charge in [0.05, 0.1) is 5.92 Å². The van der Waals surface area contributed by atoms with Crippen molar-refractivity contribution in [2.24, 2.45) is 5.92 Å². The highest BCUT2D eigenvalue weighted by Crippen LogP contribution is 2.33. The van der Waals surface area contributed by atoms with E-state index in [-0.39, 0.29) is 36.0 Å². The molecule has 1 aliphatic carbocycles. The van der Waals surface area contributed by atoms with E-state index >= 15 is 0 Å². The van der Waals surface area contributed by atoms with Crippen LogP contribution in [-0.4, -0.2) is 29.3 Å². The van der Waals surface area contributed by atoms with Crippen molar-refractivity contribution < 1.29 is 14.0 Å². The van der Waals surface area contributed by atoms with Crippen LogP contribution in [0.15, 0.2) is 48.5 Å². The van der Waals surface area contributed by atoms with Gasteiger partial charge in [-0.15, -0.1) is 0 Å². The first-order valence-corrected chi connectivity index (χ1v) is 9.43. The Morgan fingerprint density at radius 2 is 1.78 bits per heavy atom. The second-order valence-corrected chi connectivity index (χ2v) is 7.56. The third-order valence-electron chi connectivity index (χ3n) is 5.36. The molecule has 0 spiro atoms. The van der Waals surface area contributed by atoms with E-state index < -0.39 is 0 Å². The zero-order valence-corrected chi connectivity index (χ0v) is 15.4. The van der Waals surface area contributed by atoms with E-state index in [9.17, 15) is 14.0 Å². The van der Waals surface area contributed by atoms with Gasteiger partial charge in [-0.1, -0.05) is 29.8 Å². The molecular formula is C22H23FN2O2. The number of nitrogens with zero attached hydrogens (tertiary/aromatic N) is 2. The first kappa shape index (κ1) is 17.7. The van der Waals surface area contributed by atoms with Gasteiger partial charge in [0.1, 0.15) is 5.82 Å². The number of halogens is 1. The number of carbonyl (C=O) groups is 2. The summed E-state index contributed by atoms with van der Waals surface area (Å²) in [5, 5.41) is 0. The Bertz CT molecular complexity index is 844. The average Bonchev–Trinajstić information content (AvgIpc) is 3.43. The maximum atomic E-state index is 13.1. The van der Waals surface area contributed by atoms with E-state index in [2.05, 4.69) is 0 Å². The van der Waals surface area contributed by atoms with Gasteiger partial charge in [-0.2, -0.15) is 0 Å². The standard InChI is InChI=1S/C22H23FN2O2/c1-15-2-8-19(9-3-15)24-14-17(12-21(24)26)22(27)25(20-10-11-20)13-16-4-6-18(23)7-5-16/h2-9,17,20H,10-14H2,1H3. The number of amides is 2. The molecule has 1 atom stereocenters. The van der Waals surface area contributed by atoms with Gasteiger partial charge in [0, 0.05) is 31.2 Å². The van der Waals surface area contributed by atoms with Crippen LogP contribution in [0.25, 0.3) is 0 Å². The lowest BCUT2D eigenvalue weighted by molar-refractivity contribution is -0.137. The molecule has 1 heterocycles. The molecule has 2 aliphatic rings. The second-order valence-electron chi connectivity index (χ2n) is 7.56. The molecule has 27 heavy (non-hydrogen) atoms. The fourth-order valence-electron chi connectivity index (χ4n) is 3.64. The summed E-state index contributed by atoms with van der Waals surface area (Å²) in [5.41, 5.74) is 2.89. The Morgan fingerprint density at radius 1 is 1.11 bits per heavy atom. The molecule has 140 valence electrons. The largest absolute Gasteiger partial charge is 0.335 e. The SMILES string of the molecule is Cc1ccc(N2CC(C(=O)N(Cc3ccc(F)cc3)C3CC3)CC2=O)cc1. The van der Waals surface area contributed by atoms with E-state index in [1.807, 2.05) is 36.1 Å². The van der Waals surface area contributed by atoms with Gasteiger partial charge < -0.3 is 9.80 Å². The van der Waals surface area contributed by atoms with Crippen LogP contribution in [0.2, 0.25) is 0 Å². The number of carbonyl (C=O) groups excluding carboxylic acids is 2. The molecule has 1 aliphatic heterocycles. The highest BCUT2D eigenvalue weighted by molar-refractivity contribution is 6.00. The third-order valence-corrected chi connectivity index (χ3v) is 5.36. The number of anilines is 1. The summed E-state index contributed by atoms with van der Waals surface area (Å²) < 4.78 is 13.1. The zero-order chi connectivity index (χ0) is 19.0. The first-order valence-electron chi connectivity index (χ1n) is 9.43. The Balaban J connectivity index is 1.48. The third kappa shape index (κ3) is 3.87. The maximum Gasteiger partial charge on any atom is 0.228 e. The van der Waals surface area contributed by atoms with Crippen molar-refractivity contribution in [2.45, 2.75) is 38.8 Å². The summed E-state index contributed by atoms with van der Waals surface area (Å²) in [5.74, 6) is -0.572. The summed E-state index contributed by atoms with van der Waals surface area (Å²) in [7, 11) is 0. The van der Waals surface area contributed by atoms with Crippen molar-refractivity contribution in [3.8, 4) is 0 Å². The molecule has 4 nitrogen and oxygen atoms in total.